The summed E-state index contributed by atoms with van der Waals surface area (Å²) in [4.78, 5) is 13.3. The third kappa shape index (κ3) is 4.31. The lowest BCUT2D eigenvalue weighted by atomic mass is 10.1. The molecular weight excluding hydrogens is 300 g/mol. The van der Waals surface area contributed by atoms with E-state index in [2.05, 4.69) is 19.8 Å². The number of ether oxygens (including phenoxy) is 1. The molecule has 0 saturated carbocycles. The van der Waals surface area contributed by atoms with Crippen molar-refractivity contribution in [2.24, 2.45) is 0 Å². The van der Waals surface area contributed by atoms with Crippen LogP contribution in [0.1, 0.15) is 31.5 Å². The summed E-state index contributed by atoms with van der Waals surface area (Å²) < 4.78 is 6.06. The van der Waals surface area contributed by atoms with Gasteiger partial charge in [-0.05, 0) is 39.3 Å². The van der Waals surface area contributed by atoms with Gasteiger partial charge in [0, 0.05) is 25.7 Å². The Balaban J connectivity index is 1.43. The summed E-state index contributed by atoms with van der Waals surface area (Å²) in [5, 5.41) is 0.511. The highest BCUT2D eigenvalue weighted by molar-refractivity contribution is 6.29. The molecule has 0 unspecified atom stereocenters. The highest BCUT2D eigenvalue weighted by Gasteiger charge is 2.24. The first-order valence-corrected chi connectivity index (χ1v) is 8.68. The second-order valence-electron chi connectivity index (χ2n) is 6.23. The molecule has 2 saturated heterocycles. The minimum atomic E-state index is 0.304. The van der Waals surface area contributed by atoms with Crippen LogP contribution in [-0.2, 0) is 4.74 Å². The lowest BCUT2D eigenvalue weighted by Gasteiger charge is -2.26. The summed E-state index contributed by atoms with van der Waals surface area (Å²) in [5.41, 5.74) is 0. The van der Waals surface area contributed by atoms with Gasteiger partial charge < -0.3 is 14.5 Å². The van der Waals surface area contributed by atoms with Crippen molar-refractivity contribution in [2.75, 3.05) is 44.2 Å². The molecule has 0 aromatic carbocycles. The van der Waals surface area contributed by atoms with Crippen molar-refractivity contribution in [1.29, 1.82) is 0 Å². The van der Waals surface area contributed by atoms with Gasteiger partial charge in [-0.15, -0.1) is 0 Å². The standard InChI is InChI=1S/C16H25ClN4O/c1-13-18-15(17)11-16(19-13)21-8-5-14(12-21)22-10-9-20-6-3-2-4-7-20/h11,14H,2-10,12H2,1H3/t14-/m1/s1. The molecule has 2 fully saturated rings. The first-order chi connectivity index (χ1) is 10.7. The van der Waals surface area contributed by atoms with Crippen molar-refractivity contribution in [3.8, 4) is 0 Å². The average Bonchev–Trinajstić information content (AvgIpc) is 2.96. The molecule has 1 aromatic heterocycles. The molecule has 0 spiro atoms. The minimum absolute atomic E-state index is 0.304. The Hall–Kier alpha value is -0.910. The van der Waals surface area contributed by atoms with Crippen molar-refractivity contribution < 1.29 is 4.74 Å². The summed E-state index contributed by atoms with van der Waals surface area (Å²) in [6.07, 6.45) is 5.42. The van der Waals surface area contributed by atoms with Gasteiger partial charge in [-0.1, -0.05) is 18.0 Å². The fraction of sp³-hybridized carbons (Fsp3) is 0.750. The van der Waals surface area contributed by atoms with Gasteiger partial charge in [-0.25, -0.2) is 9.97 Å². The lowest BCUT2D eigenvalue weighted by Crippen LogP contribution is -2.34. The Bertz CT molecular complexity index is 473. The van der Waals surface area contributed by atoms with Gasteiger partial charge in [0.2, 0.25) is 0 Å². The Morgan fingerprint density at radius 2 is 2.05 bits per heavy atom. The Morgan fingerprint density at radius 3 is 2.82 bits per heavy atom. The summed E-state index contributed by atoms with van der Waals surface area (Å²) in [7, 11) is 0. The number of aromatic nitrogens is 2. The molecule has 2 aliphatic rings. The molecule has 1 aromatic rings. The number of rotatable bonds is 5. The zero-order valence-corrected chi connectivity index (χ0v) is 14.1. The quantitative estimate of drug-likeness (QED) is 0.778. The normalized spacial score (nSPS) is 23.2. The van der Waals surface area contributed by atoms with Gasteiger partial charge in [-0.2, -0.15) is 0 Å². The van der Waals surface area contributed by atoms with Crippen LogP contribution in [0.15, 0.2) is 6.07 Å². The second kappa shape index (κ2) is 7.57. The molecule has 3 rings (SSSR count). The molecule has 0 radical (unpaired) electrons. The second-order valence-corrected chi connectivity index (χ2v) is 6.61. The molecule has 1 atom stereocenters. The van der Waals surface area contributed by atoms with Gasteiger partial charge in [0.1, 0.15) is 16.8 Å². The number of hydrogen-bond donors (Lipinski definition) is 0. The monoisotopic (exact) mass is 324 g/mol. The zero-order valence-electron chi connectivity index (χ0n) is 13.3. The maximum Gasteiger partial charge on any atom is 0.134 e. The minimum Gasteiger partial charge on any atom is -0.375 e. The van der Waals surface area contributed by atoms with Gasteiger partial charge in [0.25, 0.3) is 0 Å². The van der Waals surface area contributed by atoms with Crippen LogP contribution in [0.5, 0.6) is 0 Å². The van der Waals surface area contributed by atoms with E-state index in [1.54, 1.807) is 0 Å². The fourth-order valence-electron chi connectivity index (χ4n) is 3.28. The molecule has 22 heavy (non-hydrogen) atoms. The summed E-state index contributed by atoms with van der Waals surface area (Å²) in [5.74, 6) is 1.64. The van der Waals surface area contributed by atoms with Crippen LogP contribution in [0, 0.1) is 6.92 Å². The maximum atomic E-state index is 6.06. The average molecular weight is 325 g/mol. The first kappa shape index (κ1) is 16.0. The number of nitrogens with zero attached hydrogens (tertiary/aromatic N) is 4. The molecule has 2 aliphatic heterocycles. The number of hydrogen-bond acceptors (Lipinski definition) is 5. The van der Waals surface area contributed by atoms with Gasteiger partial charge in [0.05, 0.1) is 12.7 Å². The van der Waals surface area contributed by atoms with Crippen molar-refractivity contribution in [3.05, 3.63) is 17.0 Å². The smallest absolute Gasteiger partial charge is 0.134 e. The zero-order chi connectivity index (χ0) is 15.4. The topological polar surface area (TPSA) is 41.5 Å². The highest BCUT2D eigenvalue weighted by Crippen LogP contribution is 2.22. The Labute approximate surface area is 137 Å². The van der Waals surface area contributed by atoms with E-state index < -0.39 is 0 Å². The molecule has 0 bridgehead atoms. The number of halogens is 1. The van der Waals surface area contributed by atoms with E-state index >= 15 is 0 Å². The fourth-order valence-corrected chi connectivity index (χ4v) is 3.50. The number of likely N-dealkylation sites (tertiary alicyclic amines) is 1. The van der Waals surface area contributed by atoms with Crippen LogP contribution >= 0.6 is 11.6 Å². The van der Waals surface area contributed by atoms with E-state index in [1.807, 2.05) is 13.0 Å². The largest absolute Gasteiger partial charge is 0.375 e. The molecule has 0 N–H and O–H groups in total. The molecule has 6 heteroatoms. The SMILES string of the molecule is Cc1nc(Cl)cc(N2CC[C@@H](OCCN3CCCCC3)C2)n1. The predicted octanol–water partition coefficient (Wildman–Crippen LogP) is 2.52. The van der Waals surface area contributed by atoms with Crippen LogP contribution in [0.2, 0.25) is 5.15 Å². The predicted molar refractivity (Wildman–Crippen MR) is 88.6 cm³/mol. The van der Waals surface area contributed by atoms with E-state index in [1.165, 1.54) is 32.4 Å². The van der Waals surface area contributed by atoms with Crippen LogP contribution in [-0.4, -0.2) is 60.3 Å². The molecule has 0 amide bonds. The van der Waals surface area contributed by atoms with Gasteiger partial charge >= 0.3 is 0 Å². The number of anilines is 1. The summed E-state index contributed by atoms with van der Waals surface area (Å²) in [6.45, 7) is 8.11. The highest BCUT2D eigenvalue weighted by atomic mass is 35.5. The van der Waals surface area contributed by atoms with Crippen molar-refractivity contribution >= 4 is 17.4 Å². The Kier molecular flexibility index (Phi) is 5.50. The molecule has 0 aliphatic carbocycles. The van der Waals surface area contributed by atoms with Crippen LogP contribution < -0.4 is 4.90 Å². The van der Waals surface area contributed by atoms with Crippen molar-refractivity contribution in [1.82, 2.24) is 14.9 Å². The van der Waals surface area contributed by atoms with E-state index in [0.717, 1.165) is 44.3 Å². The third-order valence-electron chi connectivity index (χ3n) is 4.47. The van der Waals surface area contributed by atoms with E-state index in [9.17, 15) is 0 Å². The molecule has 5 nitrogen and oxygen atoms in total. The maximum absolute atomic E-state index is 6.06. The van der Waals surface area contributed by atoms with Crippen LogP contribution in [0.4, 0.5) is 5.82 Å². The van der Waals surface area contributed by atoms with Gasteiger partial charge in [-0.3, -0.25) is 0 Å². The third-order valence-corrected chi connectivity index (χ3v) is 4.67. The van der Waals surface area contributed by atoms with Crippen molar-refractivity contribution in [3.63, 3.8) is 0 Å². The van der Waals surface area contributed by atoms with Gasteiger partial charge in [0.15, 0.2) is 0 Å². The van der Waals surface area contributed by atoms with E-state index in [-0.39, 0.29) is 0 Å². The lowest BCUT2D eigenvalue weighted by molar-refractivity contribution is 0.0467. The van der Waals surface area contributed by atoms with E-state index in [4.69, 9.17) is 16.3 Å². The summed E-state index contributed by atoms with van der Waals surface area (Å²) >= 11 is 6.02. The number of aryl methyl sites for hydroxylation is 1. The number of piperidine rings is 1. The molecular formula is C16H25ClN4O. The van der Waals surface area contributed by atoms with Crippen LogP contribution in [0.3, 0.4) is 0 Å². The van der Waals surface area contributed by atoms with E-state index in [0.29, 0.717) is 11.3 Å². The summed E-state index contributed by atoms with van der Waals surface area (Å²) in [6, 6.07) is 1.84. The first-order valence-electron chi connectivity index (χ1n) is 8.31. The van der Waals surface area contributed by atoms with Crippen LogP contribution in [0.25, 0.3) is 0 Å². The molecule has 3 heterocycles. The van der Waals surface area contributed by atoms with Crippen molar-refractivity contribution in [2.45, 2.75) is 38.7 Å². The molecule has 122 valence electrons. The Morgan fingerprint density at radius 1 is 1.23 bits per heavy atom.